The number of hydrogen-bond acceptors (Lipinski definition) is 4. The van der Waals surface area contributed by atoms with Crippen LogP contribution in [-0.2, 0) is 0 Å². The first-order chi connectivity index (χ1) is 12.5. The number of rotatable bonds is 6. The van der Waals surface area contributed by atoms with E-state index in [4.69, 9.17) is 4.74 Å². The molecule has 0 bridgehead atoms. The number of piperazine rings is 1. The van der Waals surface area contributed by atoms with Crippen LogP contribution in [0.5, 0.6) is 5.75 Å². The summed E-state index contributed by atoms with van der Waals surface area (Å²) >= 11 is 0. The minimum atomic E-state index is -0.547. The lowest BCUT2D eigenvalue weighted by atomic mass is 10.1. The van der Waals surface area contributed by atoms with Gasteiger partial charge in [0.2, 0.25) is 0 Å². The van der Waals surface area contributed by atoms with Gasteiger partial charge in [-0.1, -0.05) is 30.3 Å². The topological polar surface area (TPSA) is 35.9 Å². The number of aliphatic hydroxyl groups is 1. The Balaban J connectivity index is 0.00000261. The van der Waals surface area contributed by atoms with Crippen LogP contribution in [0.15, 0.2) is 42.5 Å². The highest BCUT2D eigenvalue weighted by Crippen LogP contribution is 2.23. The van der Waals surface area contributed by atoms with Gasteiger partial charge in [0.25, 0.3) is 0 Å². The number of nitrogens with zero attached hydrogens (tertiary/aromatic N) is 2. The molecule has 0 saturated carbocycles. The molecule has 1 aliphatic rings. The molecule has 2 aromatic rings. The lowest BCUT2D eigenvalue weighted by Crippen LogP contribution is -2.49. The highest BCUT2D eigenvalue weighted by molar-refractivity contribution is 5.85. The van der Waals surface area contributed by atoms with Gasteiger partial charge in [0.05, 0.1) is 5.69 Å². The maximum absolute atomic E-state index is 13.9. The van der Waals surface area contributed by atoms with E-state index in [2.05, 4.69) is 9.80 Å². The molecular weight excluding hydrogens is 367 g/mol. The Morgan fingerprint density at radius 2 is 1.63 bits per heavy atom. The molecule has 0 aromatic heterocycles. The fraction of sp³-hybridized carbons (Fsp3) is 0.429. The highest BCUT2D eigenvalue weighted by Gasteiger charge is 2.21. The third kappa shape index (κ3) is 5.58. The van der Waals surface area contributed by atoms with Crippen LogP contribution in [0.4, 0.5) is 10.1 Å². The zero-order valence-corrected chi connectivity index (χ0v) is 16.7. The molecule has 2 aromatic carbocycles. The van der Waals surface area contributed by atoms with Gasteiger partial charge in [0.1, 0.15) is 24.3 Å². The summed E-state index contributed by atoms with van der Waals surface area (Å²) in [6.45, 7) is 7.98. The monoisotopic (exact) mass is 394 g/mol. The van der Waals surface area contributed by atoms with Crippen molar-refractivity contribution in [2.45, 2.75) is 20.0 Å². The number of para-hydroxylation sites is 2. The van der Waals surface area contributed by atoms with E-state index in [-0.39, 0.29) is 24.8 Å². The van der Waals surface area contributed by atoms with Crippen molar-refractivity contribution in [2.24, 2.45) is 0 Å². The van der Waals surface area contributed by atoms with E-state index in [1.807, 2.05) is 44.2 Å². The predicted octanol–water partition coefficient (Wildman–Crippen LogP) is 3.43. The molecule has 1 saturated heterocycles. The number of aliphatic hydroxyl groups excluding tert-OH is 1. The minimum Gasteiger partial charge on any atom is -0.490 e. The Morgan fingerprint density at radius 1 is 1.00 bits per heavy atom. The van der Waals surface area contributed by atoms with Gasteiger partial charge < -0.3 is 14.7 Å². The molecule has 1 unspecified atom stereocenters. The van der Waals surface area contributed by atoms with E-state index < -0.39 is 6.10 Å². The molecule has 1 fully saturated rings. The summed E-state index contributed by atoms with van der Waals surface area (Å²) in [5, 5.41) is 10.3. The van der Waals surface area contributed by atoms with Crippen molar-refractivity contribution in [3.63, 3.8) is 0 Å². The molecule has 4 nitrogen and oxygen atoms in total. The fourth-order valence-corrected chi connectivity index (χ4v) is 3.44. The second-order valence-corrected chi connectivity index (χ2v) is 6.92. The van der Waals surface area contributed by atoms with Crippen LogP contribution >= 0.6 is 12.4 Å². The smallest absolute Gasteiger partial charge is 0.146 e. The van der Waals surface area contributed by atoms with Gasteiger partial charge in [-0.2, -0.15) is 0 Å². The zero-order chi connectivity index (χ0) is 18.5. The Kier molecular flexibility index (Phi) is 7.90. The quantitative estimate of drug-likeness (QED) is 0.814. The van der Waals surface area contributed by atoms with Crippen LogP contribution in [0, 0.1) is 19.7 Å². The first kappa shape index (κ1) is 21.5. The van der Waals surface area contributed by atoms with E-state index in [1.165, 1.54) is 6.07 Å². The number of halogens is 2. The van der Waals surface area contributed by atoms with Crippen molar-refractivity contribution in [3.8, 4) is 5.75 Å². The lowest BCUT2D eigenvalue weighted by Gasteiger charge is -2.37. The standard InChI is InChI=1S/C21H27FN2O2.ClH/c1-16-6-5-7-17(2)21(16)26-15-18(25)14-23-10-12-24(13-11-23)20-9-4-3-8-19(20)22;/h3-9,18,25H,10-15H2,1-2H3;1H. The van der Waals surface area contributed by atoms with Crippen molar-refractivity contribution in [1.29, 1.82) is 0 Å². The Hall–Kier alpha value is -1.82. The van der Waals surface area contributed by atoms with Crippen LogP contribution in [-0.4, -0.2) is 55.4 Å². The number of hydrogen-bond donors (Lipinski definition) is 1. The van der Waals surface area contributed by atoms with Crippen molar-refractivity contribution in [3.05, 3.63) is 59.4 Å². The van der Waals surface area contributed by atoms with Gasteiger partial charge in [0, 0.05) is 32.7 Å². The summed E-state index contributed by atoms with van der Waals surface area (Å²) in [7, 11) is 0. The molecule has 1 N–H and O–H groups in total. The van der Waals surface area contributed by atoms with Crippen molar-refractivity contribution < 1.29 is 14.2 Å². The Morgan fingerprint density at radius 3 is 2.26 bits per heavy atom. The minimum absolute atomic E-state index is 0. The number of anilines is 1. The second-order valence-electron chi connectivity index (χ2n) is 6.92. The van der Waals surface area contributed by atoms with Gasteiger partial charge in [-0.25, -0.2) is 4.39 Å². The van der Waals surface area contributed by atoms with Crippen LogP contribution in [0.25, 0.3) is 0 Å². The Bertz CT molecular complexity index is 716. The molecular formula is C21H28ClFN2O2. The van der Waals surface area contributed by atoms with Crippen LogP contribution in [0.2, 0.25) is 0 Å². The summed E-state index contributed by atoms with van der Waals surface area (Å²) in [6, 6.07) is 12.9. The van der Waals surface area contributed by atoms with Crippen molar-refractivity contribution in [1.82, 2.24) is 4.90 Å². The van der Waals surface area contributed by atoms with E-state index in [0.717, 1.165) is 43.1 Å². The molecule has 3 rings (SSSR count). The zero-order valence-electron chi connectivity index (χ0n) is 15.9. The number of ether oxygens (including phenoxy) is 1. The summed E-state index contributed by atoms with van der Waals surface area (Å²) in [5.41, 5.74) is 2.82. The normalized spacial score (nSPS) is 15.9. The van der Waals surface area contributed by atoms with E-state index in [0.29, 0.717) is 12.2 Å². The van der Waals surface area contributed by atoms with Gasteiger partial charge in [-0.3, -0.25) is 4.90 Å². The molecule has 0 spiro atoms. The van der Waals surface area contributed by atoms with Crippen molar-refractivity contribution >= 4 is 18.1 Å². The second kappa shape index (κ2) is 9.93. The average molecular weight is 395 g/mol. The summed E-state index contributed by atoms with van der Waals surface area (Å²) in [5.74, 6) is 0.680. The van der Waals surface area contributed by atoms with Crippen LogP contribution < -0.4 is 9.64 Å². The Labute approximate surface area is 167 Å². The van der Waals surface area contributed by atoms with Gasteiger partial charge >= 0.3 is 0 Å². The summed E-state index contributed by atoms with van der Waals surface area (Å²) in [4.78, 5) is 4.27. The molecule has 1 heterocycles. The molecule has 1 aliphatic heterocycles. The lowest BCUT2D eigenvalue weighted by molar-refractivity contribution is 0.0658. The first-order valence-electron chi connectivity index (χ1n) is 9.13. The van der Waals surface area contributed by atoms with Crippen LogP contribution in [0.1, 0.15) is 11.1 Å². The SMILES string of the molecule is Cc1cccc(C)c1OCC(O)CN1CCN(c2ccccc2F)CC1.Cl. The maximum Gasteiger partial charge on any atom is 0.146 e. The van der Waals surface area contributed by atoms with Gasteiger partial charge in [0.15, 0.2) is 0 Å². The third-order valence-electron chi connectivity index (χ3n) is 4.86. The van der Waals surface area contributed by atoms with Crippen molar-refractivity contribution in [2.75, 3.05) is 44.2 Å². The molecule has 0 aliphatic carbocycles. The van der Waals surface area contributed by atoms with Gasteiger partial charge in [-0.15, -0.1) is 12.4 Å². The van der Waals surface area contributed by atoms with E-state index in [1.54, 1.807) is 6.07 Å². The molecule has 148 valence electrons. The number of aryl methyl sites for hydroxylation is 2. The third-order valence-corrected chi connectivity index (χ3v) is 4.86. The molecule has 0 radical (unpaired) electrons. The predicted molar refractivity (Wildman–Crippen MR) is 110 cm³/mol. The fourth-order valence-electron chi connectivity index (χ4n) is 3.44. The molecule has 27 heavy (non-hydrogen) atoms. The maximum atomic E-state index is 13.9. The largest absolute Gasteiger partial charge is 0.490 e. The summed E-state index contributed by atoms with van der Waals surface area (Å²) in [6.07, 6.45) is -0.547. The van der Waals surface area contributed by atoms with E-state index >= 15 is 0 Å². The molecule has 6 heteroatoms. The van der Waals surface area contributed by atoms with Gasteiger partial charge in [-0.05, 0) is 37.1 Å². The molecule has 0 amide bonds. The van der Waals surface area contributed by atoms with Crippen LogP contribution in [0.3, 0.4) is 0 Å². The van der Waals surface area contributed by atoms with E-state index in [9.17, 15) is 9.50 Å². The first-order valence-corrected chi connectivity index (χ1v) is 9.13. The summed E-state index contributed by atoms with van der Waals surface area (Å²) < 4.78 is 19.7. The molecule has 1 atom stereocenters. The number of β-amino-alcohol motifs (C(OH)–C–C–N with tert-alkyl or cyclic N) is 1. The number of benzene rings is 2. The highest BCUT2D eigenvalue weighted by atomic mass is 35.5. The average Bonchev–Trinajstić information content (AvgIpc) is 2.62.